The van der Waals surface area contributed by atoms with E-state index in [4.69, 9.17) is 5.73 Å². The summed E-state index contributed by atoms with van der Waals surface area (Å²) in [6.07, 6.45) is 2.53. The Hall–Kier alpha value is -0.610. The van der Waals surface area contributed by atoms with Crippen molar-refractivity contribution in [2.75, 3.05) is 19.6 Å². The van der Waals surface area contributed by atoms with Gasteiger partial charge in [0, 0.05) is 12.6 Å². The number of hydrogen-bond donors (Lipinski definition) is 2. The van der Waals surface area contributed by atoms with Gasteiger partial charge in [-0.1, -0.05) is 27.7 Å². The van der Waals surface area contributed by atoms with E-state index in [-0.39, 0.29) is 11.3 Å². The van der Waals surface area contributed by atoms with Crippen LogP contribution in [0.4, 0.5) is 0 Å². The topological polar surface area (TPSA) is 58.4 Å². The molecule has 0 radical (unpaired) electrons. The Morgan fingerprint density at radius 1 is 1.37 bits per heavy atom. The van der Waals surface area contributed by atoms with Crippen molar-refractivity contribution in [3.63, 3.8) is 0 Å². The van der Waals surface area contributed by atoms with Gasteiger partial charge in [0.15, 0.2) is 0 Å². The summed E-state index contributed by atoms with van der Waals surface area (Å²) >= 11 is 0. The lowest BCUT2D eigenvalue weighted by Gasteiger charge is -2.35. The Balaban J connectivity index is 2.34. The first kappa shape index (κ1) is 16.4. The van der Waals surface area contributed by atoms with Gasteiger partial charge in [0.2, 0.25) is 5.91 Å². The molecule has 0 aromatic rings. The molecule has 0 spiro atoms. The second-order valence-electron chi connectivity index (χ2n) is 7.16. The van der Waals surface area contributed by atoms with Gasteiger partial charge in [0.25, 0.3) is 0 Å². The molecule has 0 aromatic heterocycles. The average molecular weight is 269 g/mol. The molecule has 1 saturated heterocycles. The zero-order valence-electron chi connectivity index (χ0n) is 13.2. The van der Waals surface area contributed by atoms with Gasteiger partial charge in [-0.15, -0.1) is 0 Å². The summed E-state index contributed by atoms with van der Waals surface area (Å²) in [6, 6.07) is -0.0512. The van der Waals surface area contributed by atoms with Crippen molar-refractivity contribution in [1.82, 2.24) is 10.2 Å². The highest BCUT2D eigenvalue weighted by Gasteiger charge is 2.28. The number of carbonyl (C=O) groups excluding carboxylic acids is 1. The fourth-order valence-electron chi connectivity index (χ4n) is 2.35. The van der Waals surface area contributed by atoms with E-state index in [0.29, 0.717) is 12.6 Å². The average Bonchev–Trinajstić information content (AvgIpc) is 2.34. The van der Waals surface area contributed by atoms with Crippen LogP contribution in [0.1, 0.15) is 47.5 Å². The normalized spacial score (nSPS) is 22.0. The SMILES string of the molecule is CC1CCN(C(C)CNC(=O)[C@@H](N)C(C)(C)C)CC1. The molecule has 1 fully saturated rings. The molecule has 0 saturated carbocycles. The van der Waals surface area contributed by atoms with Gasteiger partial charge in [-0.05, 0) is 44.2 Å². The van der Waals surface area contributed by atoms with Crippen LogP contribution >= 0.6 is 0 Å². The third-order valence-electron chi connectivity index (χ3n) is 4.23. The summed E-state index contributed by atoms with van der Waals surface area (Å²) in [5, 5.41) is 2.99. The van der Waals surface area contributed by atoms with E-state index in [2.05, 4.69) is 24.1 Å². The Bertz CT molecular complexity index is 290. The molecule has 2 atom stereocenters. The van der Waals surface area contributed by atoms with Crippen LogP contribution in [-0.4, -0.2) is 42.5 Å². The first-order valence-corrected chi connectivity index (χ1v) is 7.49. The van der Waals surface area contributed by atoms with E-state index < -0.39 is 6.04 Å². The summed E-state index contributed by atoms with van der Waals surface area (Å²) in [4.78, 5) is 14.4. The third kappa shape index (κ3) is 5.11. The zero-order valence-corrected chi connectivity index (χ0v) is 13.2. The van der Waals surface area contributed by atoms with Crippen LogP contribution < -0.4 is 11.1 Å². The van der Waals surface area contributed by atoms with Gasteiger partial charge >= 0.3 is 0 Å². The fourth-order valence-corrected chi connectivity index (χ4v) is 2.35. The number of amides is 1. The first-order chi connectivity index (χ1) is 8.71. The van der Waals surface area contributed by atoms with E-state index in [9.17, 15) is 4.79 Å². The quantitative estimate of drug-likeness (QED) is 0.815. The minimum Gasteiger partial charge on any atom is -0.353 e. The molecular formula is C15H31N3O. The largest absolute Gasteiger partial charge is 0.353 e. The number of piperidine rings is 1. The lowest BCUT2D eigenvalue weighted by molar-refractivity contribution is -0.124. The zero-order chi connectivity index (χ0) is 14.6. The second kappa shape index (κ2) is 6.71. The third-order valence-corrected chi connectivity index (χ3v) is 4.23. The van der Waals surface area contributed by atoms with Crippen LogP contribution in [-0.2, 0) is 4.79 Å². The molecule has 0 aromatic carbocycles. The highest BCUT2D eigenvalue weighted by atomic mass is 16.2. The molecule has 0 aliphatic carbocycles. The molecule has 1 aliphatic rings. The van der Waals surface area contributed by atoms with Gasteiger partial charge in [0.1, 0.15) is 0 Å². The number of rotatable bonds is 4. The lowest BCUT2D eigenvalue weighted by Crippen LogP contribution is -2.52. The van der Waals surface area contributed by atoms with Crippen molar-refractivity contribution >= 4 is 5.91 Å². The Morgan fingerprint density at radius 2 is 1.89 bits per heavy atom. The molecule has 1 amide bonds. The van der Waals surface area contributed by atoms with Crippen molar-refractivity contribution in [3.05, 3.63) is 0 Å². The minimum atomic E-state index is -0.443. The predicted molar refractivity (Wildman–Crippen MR) is 79.9 cm³/mol. The summed E-state index contributed by atoms with van der Waals surface area (Å²) < 4.78 is 0. The summed E-state index contributed by atoms with van der Waals surface area (Å²) in [5.41, 5.74) is 5.76. The molecule has 19 heavy (non-hydrogen) atoms. The summed E-state index contributed by atoms with van der Waals surface area (Å²) in [6.45, 7) is 13.4. The number of carbonyl (C=O) groups is 1. The van der Waals surface area contributed by atoms with Crippen LogP contribution in [0.5, 0.6) is 0 Å². The smallest absolute Gasteiger partial charge is 0.237 e. The molecular weight excluding hydrogens is 238 g/mol. The maximum atomic E-state index is 12.0. The van der Waals surface area contributed by atoms with E-state index >= 15 is 0 Å². The number of hydrogen-bond acceptors (Lipinski definition) is 3. The van der Waals surface area contributed by atoms with E-state index in [0.717, 1.165) is 19.0 Å². The van der Waals surface area contributed by atoms with Crippen LogP contribution in [0.25, 0.3) is 0 Å². The van der Waals surface area contributed by atoms with Crippen LogP contribution in [0.3, 0.4) is 0 Å². The van der Waals surface area contributed by atoms with Crippen molar-refractivity contribution in [2.45, 2.75) is 59.5 Å². The predicted octanol–water partition coefficient (Wildman–Crippen LogP) is 1.60. The maximum Gasteiger partial charge on any atom is 0.237 e. The highest BCUT2D eigenvalue weighted by molar-refractivity contribution is 5.82. The number of nitrogens with zero attached hydrogens (tertiary/aromatic N) is 1. The standard InChI is InChI=1S/C15H31N3O/c1-11-6-8-18(9-7-11)12(2)10-17-14(19)13(16)15(3,4)5/h11-13H,6-10,16H2,1-5H3,(H,17,19)/t12?,13-/m1/s1. The van der Waals surface area contributed by atoms with Gasteiger partial charge < -0.3 is 11.1 Å². The molecule has 4 nitrogen and oxygen atoms in total. The first-order valence-electron chi connectivity index (χ1n) is 7.49. The second-order valence-corrected chi connectivity index (χ2v) is 7.16. The van der Waals surface area contributed by atoms with Crippen LogP contribution in [0.2, 0.25) is 0 Å². The van der Waals surface area contributed by atoms with Gasteiger partial charge in [-0.2, -0.15) is 0 Å². The number of likely N-dealkylation sites (tertiary alicyclic amines) is 1. The molecule has 4 heteroatoms. The number of nitrogens with one attached hydrogen (secondary N) is 1. The molecule has 1 heterocycles. The van der Waals surface area contributed by atoms with E-state index in [1.807, 2.05) is 20.8 Å². The molecule has 1 aliphatic heterocycles. The minimum absolute atomic E-state index is 0.0373. The van der Waals surface area contributed by atoms with Crippen LogP contribution in [0, 0.1) is 11.3 Å². The fraction of sp³-hybridized carbons (Fsp3) is 0.933. The lowest BCUT2D eigenvalue weighted by atomic mass is 9.87. The summed E-state index contributed by atoms with van der Waals surface area (Å²) in [5.74, 6) is 0.803. The monoisotopic (exact) mass is 269 g/mol. The van der Waals surface area contributed by atoms with Crippen molar-refractivity contribution in [2.24, 2.45) is 17.1 Å². The molecule has 0 bridgehead atoms. The van der Waals surface area contributed by atoms with Gasteiger partial charge in [-0.25, -0.2) is 0 Å². The maximum absolute atomic E-state index is 12.0. The van der Waals surface area contributed by atoms with Crippen LogP contribution in [0.15, 0.2) is 0 Å². The van der Waals surface area contributed by atoms with Crippen molar-refractivity contribution in [3.8, 4) is 0 Å². The van der Waals surface area contributed by atoms with Crippen molar-refractivity contribution < 1.29 is 4.79 Å². The van der Waals surface area contributed by atoms with Gasteiger partial charge in [-0.3, -0.25) is 9.69 Å². The molecule has 1 rings (SSSR count). The van der Waals surface area contributed by atoms with Gasteiger partial charge in [0.05, 0.1) is 6.04 Å². The molecule has 3 N–H and O–H groups in total. The van der Waals surface area contributed by atoms with E-state index in [1.165, 1.54) is 12.8 Å². The Labute approximate surface area is 118 Å². The molecule has 112 valence electrons. The van der Waals surface area contributed by atoms with E-state index in [1.54, 1.807) is 0 Å². The Morgan fingerprint density at radius 3 is 2.37 bits per heavy atom. The summed E-state index contributed by atoms with van der Waals surface area (Å²) in [7, 11) is 0. The Kier molecular flexibility index (Phi) is 5.81. The van der Waals surface area contributed by atoms with Crippen molar-refractivity contribution in [1.29, 1.82) is 0 Å². The highest BCUT2D eigenvalue weighted by Crippen LogP contribution is 2.19. The molecule has 1 unspecified atom stereocenters. The number of nitrogens with two attached hydrogens (primary N) is 1.